The van der Waals surface area contributed by atoms with E-state index in [1.807, 2.05) is 32.2 Å². The summed E-state index contributed by atoms with van der Waals surface area (Å²) >= 11 is 0. The Morgan fingerprint density at radius 1 is 1.29 bits per heavy atom. The van der Waals surface area contributed by atoms with Crippen molar-refractivity contribution in [3.8, 4) is 11.4 Å². The lowest BCUT2D eigenvalue weighted by atomic mass is 10.1. The van der Waals surface area contributed by atoms with E-state index >= 15 is 0 Å². The normalized spacial score (nSPS) is 10.4. The summed E-state index contributed by atoms with van der Waals surface area (Å²) in [5.74, 6) is 1.23. The van der Waals surface area contributed by atoms with Gasteiger partial charge in [-0.3, -0.25) is 4.57 Å². The number of aromatic nitrogens is 3. The van der Waals surface area contributed by atoms with Crippen molar-refractivity contribution in [2.45, 2.75) is 6.92 Å². The second kappa shape index (κ2) is 3.14. The number of nitrogens with zero attached hydrogens (tertiary/aromatic N) is 3. The first-order valence-electron chi connectivity index (χ1n) is 4.40. The molecule has 4 heteroatoms. The molecule has 2 aromatic rings. The average Bonchev–Trinajstić information content (AvgIpc) is 2.48. The van der Waals surface area contributed by atoms with Crippen molar-refractivity contribution in [2.75, 3.05) is 5.73 Å². The molecule has 0 spiro atoms. The zero-order valence-corrected chi connectivity index (χ0v) is 8.23. The first-order valence-corrected chi connectivity index (χ1v) is 4.40. The molecule has 0 saturated carbocycles. The van der Waals surface area contributed by atoms with Crippen molar-refractivity contribution >= 4 is 5.95 Å². The zero-order chi connectivity index (χ0) is 10.1. The third-order valence-corrected chi connectivity index (χ3v) is 2.18. The lowest BCUT2D eigenvalue weighted by molar-refractivity contribution is 0.934. The number of rotatable bonds is 1. The molecule has 1 heterocycles. The van der Waals surface area contributed by atoms with Crippen molar-refractivity contribution in [3.63, 3.8) is 0 Å². The van der Waals surface area contributed by atoms with Crippen LogP contribution in [0, 0.1) is 6.92 Å². The summed E-state index contributed by atoms with van der Waals surface area (Å²) in [4.78, 5) is 0. The van der Waals surface area contributed by atoms with Crippen LogP contribution in [0.2, 0.25) is 0 Å². The first kappa shape index (κ1) is 8.74. The van der Waals surface area contributed by atoms with Crippen LogP contribution in [0.25, 0.3) is 11.4 Å². The van der Waals surface area contributed by atoms with E-state index in [2.05, 4.69) is 16.3 Å². The number of hydrogen-bond donors (Lipinski definition) is 1. The fraction of sp³-hybridized carbons (Fsp3) is 0.200. The maximum absolute atomic E-state index is 5.61. The van der Waals surface area contributed by atoms with Crippen molar-refractivity contribution in [3.05, 3.63) is 29.8 Å². The van der Waals surface area contributed by atoms with E-state index in [0.29, 0.717) is 5.95 Å². The number of aryl methyl sites for hydroxylation is 1. The molecule has 4 nitrogen and oxygen atoms in total. The molecule has 0 bridgehead atoms. The van der Waals surface area contributed by atoms with Crippen molar-refractivity contribution in [1.29, 1.82) is 0 Å². The van der Waals surface area contributed by atoms with Crippen LogP contribution in [0.3, 0.4) is 0 Å². The molecule has 0 unspecified atom stereocenters. The Hall–Kier alpha value is -1.84. The van der Waals surface area contributed by atoms with Crippen LogP contribution in [0.15, 0.2) is 24.3 Å². The van der Waals surface area contributed by atoms with E-state index in [9.17, 15) is 0 Å². The van der Waals surface area contributed by atoms with Crippen molar-refractivity contribution in [2.24, 2.45) is 7.05 Å². The van der Waals surface area contributed by atoms with E-state index in [4.69, 9.17) is 5.73 Å². The minimum absolute atomic E-state index is 0.432. The molecule has 14 heavy (non-hydrogen) atoms. The topological polar surface area (TPSA) is 56.7 Å². The van der Waals surface area contributed by atoms with Gasteiger partial charge in [0.05, 0.1) is 0 Å². The molecule has 0 aliphatic rings. The van der Waals surface area contributed by atoms with Crippen LogP contribution in [-0.2, 0) is 7.05 Å². The lowest BCUT2D eigenvalue weighted by Crippen LogP contribution is -1.98. The Balaban J connectivity index is 2.55. The van der Waals surface area contributed by atoms with E-state index in [1.54, 1.807) is 4.57 Å². The third kappa shape index (κ3) is 1.35. The molecule has 2 rings (SSSR count). The standard InChI is InChI=1S/C10H12N4/c1-7-4-3-5-8(6-7)9-12-13-10(11)14(9)2/h3-6H,1-2H3,(H2,11,13). The molecule has 0 saturated heterocycles. The molecule has 0 aliphatic carbocycles. The zero-order valence-electron chi connectivity index (χ0n) is 8.23. The predicted octanol–water partition coefficient (Wildman–Crippen LogP) is 1.37. The largest absolute Gasteiger partial charge is 0.368 e. The van der Waals surface area contributed by atoms with Gasteiger partial charge in [0.2, 0.25) is 5.95 Å². The number of hydrogen-bond acceptors (Lipinski definition) is 3. The van der Waals surface area contributed by atoms with Crippen molar-refractivity contribution < 1.29 is 0 Å². The van der Waals surface area contributed by atoms with Crippen LogP contribution in [0.5, 0.6) is 0 Å². The van der Waals surface area contributed by atoms with Gasteiger partial charge in [0.1, 0.15) is 0 Å². The molecule has 1 aromatic carbocycles. The summed E-state index contributed by atoms with van der Waals surface area (Å²) in [6.45, 7) is 2.04. The summed E-state index contributed by atoms with van der Waals surface area (Å²) in [6, 6.07) is 8.10. The summed E-state index contributed by atoms with van der Waals surface area (Å²) in [6.07, 6.45) is 0. The van der Waals surface area contributed by atoms with Crippen LogP contribution in [0.4, 0.5) is 5.95 Å². The summed E-state index contributed by atoms with van der Waals surface area (Å²) in [7, 11) is 1.85. The van der Waals surface area contributed by atoms with Gasteiger partial charge in [-0.2, -0.15) is 0 Å². The smallest absolute Gasteiger partial charge is 0.222 e. The molecule has 0 amide bonds. The van der Waals surface area contributed by atoms with Gasteiger partial charge in [0, 0.05) is 12.6 Å². The van der Waals surface area contributed by atoms with Crippen LogP contribution in [-0.4, -0.2) is 14.8 Å². The Bertz CT molecular complexity index is 459. The quantitative estimate of drug-likeness (QED) is 0.735. The van der Waals surface area contributed by atoms with Gasteiger partial charge in [0.25, 0.3) is 0 Å². The SMILES string of the molecule is Cc1cccc(-c2nnc(N)n2C)c1. The molecule has 1 aromatic heterocycles. The second-order valence-corrected chi connectivity index (χ2v) is 3.31. The Kier molecular flexibility index (Phi) is 1.96. The molecule has 0 aliphatic heterocycles. The van der Waals surface area contributed by atoms with Crippen LogP contribution >= 0.6 is 0 Å². The van der Waals surface area contributed by atoms with Gasteiger partial charge in [0.15, 0.2) is 5.82 Å². The minimum atomic E-state index is 0.432. The lowest BCUT2D eigenvalue weighted by Gasteiger charge is -2.01. The van der Waals surface area contributed by atoms with E-state index < -0.39 is 0 Å². The molecular formula is C10H12N4. The second-order valence-electron chi connectivity index (χ2n) is 3.31. The molecule has 0 radical (unpaired) electrons. The summed E-state index contributed by atoms with van der Waals surface area (Å²) in [5.41, 5.74) is 7.84. The minimum Gasteiger partial charge on any atom is -0.368 e. The highest BCUT2D eigenvalue weighted by molar-refractivity contribution is 5.57. The van der Waals surface area contributed by atoms with Crippen molar-refractivity contribution in [1.82, 2.24) is 14.8 Å². The molecule has 72 valence electrons. The van der Waals surface area contributed by atoms with Gasteiger partial charge in [-0.25, -0.2) is 0 Å². The molecule has 0 fully saturated rings. The maximum Gasteiger partial charge on any atom is 0.222 e. The van der Waals surface area contributed by atoms with Gasteiger partial charge in [-0.1, -0.05) is 23.8 Å². The van der Waals surface area contributed by atoms with Gasteiger partial charge in [-0.15, -0.1) is 10.2 Å². The van der Waals surface area contributed by atoms with E-state index in [1.165, 1.54) is 5.56 Å². The summed E-state index contributed by atoms with van der Waals surface area (Å²) in [5, 5.41) is 7.83. The third-order valence-electron chi connectivity index (χ3n) is 2.18. The fourth-order valence-corrected chi connectivity index (χ4v) is 1.38. The van der Waals surface area contributed by atoms with Gasteiger partial charge in [-0.05, 0) is 13.0 Å². The summed E-state index contributed by atoms with van der Waals surface area (Å²) < 4.78 is 1.77. The molecule has 2 N–H and O–H groups in total. The maximum atomic E-state index is 5.61. The average molecular weight is 188 g/mol. The predicted molar refractivity (Wildman–Crippen MR) is 55.6 cm³/mol. The Labute approximate surface area is 82.4 Å². The number of anilines is 1. The highest BCUT2D eigenvalue weighted by atomic mass is 15.3. The van der Waals surface area contributed by atoms with Gasteiger partial charge < -0.3 is 5.73 Å². The number of benzene rings is 1. The highest BCUT2D eigenvalue weighted by Gasteiger charge is 2.07. The van der Waals surface area contributed by atoms with Gasteiger partial charge >= 0.3 is 0 Å². The van der Waals surface area contributed by atoms with E-state index in [0.717, 1.165) is 11.4 Å². The van der Waals surface area contributed by atoms with Crippen LogP contribution < -0.4 is 5.73 Å². The molecule has 0 atom stereocenters. The Morgan fingerprint density at radius 3 is 2.64 bits per heavy atom. The number of nitrogens with two attached hydrogens (primary N) is 1. The highest BCUT2D eigenvalue weighted by Crippen LogP contribution is 2.18. The van der Waals surface area contributed by atoms with Crippen LogP contribution in [0.1, 0.15) is 5.56 Å². The first-order chi connectivity index (χ1) is 6.68. The number of nitrogen functional groups attached to an aromatic ring is 1. The molecular weight excluding hydrogens is 176 g/mol. The Morgan fingerprint density at radius 2 is 2.07 bits per heavy atom. The monoisotopic (exact) mass is 188 g/mol. The fourth-order valence-electron chi connectivity index (χ4n) is 1.38. The van der Waals surface area contributed by atoms with E-state index in [-0.39, 0.29) is 0 Å².